The summed E-state index contributed by atoms with van der Waals surface area (Å²) >= 11 is 4.45. The molecule has 54 valence electrons. The van der Waals surface area contributed by atoms with Crippen molar-refractivity contribution in [3.8, 4) is 5.06 Å². The molecule has 1 N–H and O–H groups in total. The van der Waals surface area contributed by atoms with Gasteiger partial charge in [0, 0.05) is 4.57 Å². The Hall–Kier alpha value is 0.0400. The predicted molar refractivity (Wildman–Crippen MR) is 42.5 cm³/mol. The van der Waals surface area contributed by atoms with Gasteiger partial charge in [-0.15, -0.1) is 4.89 Å². The molecule has 0 aromatic carbocycles. The monoisotopic (exact) mass is 241 g/mol. The van der Waals surface area contributed by atoms with Crippen LogP contribution in [0.15, 0.2) is 15.9 Å². The van der Waals surface area contributed by atoms with Crippen LogP contribution in [-0.2, 0) is 4.57 Å². The van der Waals surface area contributed by atoms with E-state index in [-0.39, 0.29) is 0 Å². The van der Waals surface area contributed by atoms with Gasteiger partial charge in [0.15, 0.2) is 0 Å². The van der Waals surface area contributed by atoms with Crippen LogP contribution in [-0.4, -0.2) is 4.89 Å². The molecule has 0 saturated heterocycles. The molecule has 6 heteroatoms. The summed E-state index contributed by atoms with van der Waals surface area (Å²) in [6.45, 7) is 0. The standard InChI is InChI=1S/C4H2BrO3PS/c5-3-1-2-4(10-3)8-9(6)7/h1-2H/p+1. The molecule has 0 amide bonds. The van der Waals surface area contributed by atoms with Gasteiger partial charge in [0.25, 0.3) is 0 Å². The molecule has 0 fully saturated rings. The molecular weight excluding hydrogens is 239 g/mol. The van der Waals surface area contributed by atoms with Crippen LogP contribution in [0, 0.1) is 0 Å². The zero-order chi connectivity index (χ0) is 7.56. The number of hydrogen-bond donors (Lipinski definition) is 1. The lowest BCUT2D eigenvalue weighted by atomic mass is 10.7. The van der Waals surface area contributed by atoms with Crippen molar-refractivity contribution < 1.29 is 14.0 Å². The first-order valence-corrected chi connectivity index (χ1v) is 5.02. The Labute approximate surface area is 70.7 Å². The number of halogens is 1. The van der Waals surface area contributed by atoms with E-state index in [0.29, 0.717) is 5.06 Å². The van der Waals surface area contributed by atoms with Gasteiger partial charge in [-0.05, 0) is 28.1 Å². The Morgan fingerprint density at radius 2 is 2.40 bits per heavy atom. The zero-order valence-corrected chi connectivity index (χ0v) is 7.95. The van der Waals surface area contributed by atoms with Crippen molar-refractivity contribution in [3.05, 3.63) is 15.9 Å². The smallest absolute Gasteiger partial charge is 0.218 e. The van der Waals surface area contributed by atoms with Gasteiger partial charge >= 0.3 is 8.25 Å². The fourth-order valence-corrected chi connectivity index (χ4v) is 2.05. The van der Waals surface area contributed by atoms with Gasteiger partial charge < -0.3 is 0 Å². The van der Waals surface area contributed by atoms with Crippen molar-refractivity contribution in [1.82, 2.24) is 0 Å². The summed E-state index contributed by atoms with van der Waals surface area (Å²) in [5.74, 6) is 0. The van der Waals surface area contributed by atoms with Crippen LogP contribution in [0.5, 0.6) is 5.06 Å². The SMILES string of the molecule is O=[P+](O)Oc1ccc(Br)s1. The third-order valence-electron chi connectivity index (χ3n) is 0.717. The quantitative estimate of drug-likeness (QED) is 0.810. The topological polar surface area (TPSA) is 46.5 Å². The lowest BCUT2D eigenvalue weighted by Crippen LogP contribution is -1.71. The lowest BCUT2D eigenvalue weighted by molar-refractivity contribution is 0.415. The highest BCUT2D eigenvalue weighted by Gasteiger charge is 2.15. The van der Waals surface area contributed by atoms with Crippen molar-refractivity contribution in [3.63, 3.8) is 0 Å². The predicted octanol–water partition coefficient (Wildman–Crippen LogP) is 2.54. The highest BCUT2D eigenvalue weighted by Crippen LogP contribution is 2.33. The van der Waals surface area contributed by atoms with Crippen LogP contribution in [0.25, 0.3) is 0 Å². The van der Waals surface area contributed by atoms with E-state index in [9.17, 15) is 4.57 Å². The Morgan fingerprint density at radius 1 is 1.70 bits per heavy atom. The maximum atomic E-state index is 10.1. The van der Waals surface area contributed by atoms with Crippen LogP contribution in [0.2, 0.25) is 0 Å². The van der Waals surface area contributed by atoms with E-state index in [1.807, 2.05) is 0 Å². The van der Waals surface area contributed by atoms with Crippen molar-refractivity contribution in [2.75, 3.05) is 0 Å². The molecule has 0 bridgehead atoms. The van der Waals surface area contributed by atoms with Crippen molar-refractivity contribution in [2.45, 2.75) is 0 Å². The van der Waals surface area contributed by atoms with Gasteiger partial charge in [0.2, 0.25) is 5.06 Å². The van der Waals surface area contributed by atoms with Crippen LogP contribution >= 0.6 is 35.5 Å². The van der Waals surface area contributed by atoms with Crippen LogP contribution in [0.1, 0.15) is 0 Å². The second-order valence-electron chi connectivity index (χ2n) is 1.39. The summed E-state index contributed by atoms with van der Waals surface area (Å²) < 4.78 is 15.5. The maximum Gasteiger partial charge on any atom is 0.748 e. The molecule has 10 heavy (non-hydrogen) atoms. The van der Waals surface area contributed by atoms with Gasteiger partial charge in [0.05, 0.1) is 3.79 Å². The minimum absolute atomic E-state index is 0.440. The van der Waals surface area contributed by atoms with Gasteiger partial charge in [-0.2, -0.15) is 0 Å². The molecule has 1 aromatic rings. The van der Waals surface area contributed by atoms with E-state index in [1.165, 1.54) is 11.3 Å². The molecular formula is C4H3BrO3PS+. The van der Waals surface area contributed by atoms with E-state index < -0.39 is 8.25 Å². The first kappa shape index (κ1) is 8.14. The van der Waals surface area contributed by atoms with Crippen LogP contribution < -0.4 is 4.52 Å². The normalized spacial score (nSPS) is 11.2. The summed E-state index contributed by atoms with van der Waals surface area (Å²) in [5.41, 5.74) is 0. The minimum atomic E-state index is -2.52. The van der Waals surface area contributed by atoms with Gasteiger partial charge in [-0.1, -0.05) is 11.3 Å². The Bertz CT molecular complexity index is 248. The summed E-state index contributed by atoms with van der Waals surface area (Å²) in [7, 11) is -2.52. The molecule has 1 atom stereocenters. The van der Waals surface area contributed by atoms with E-state index in [1.54, 1.807) is 12.1 Å². The highest BCUT2D eigenvalue weighted by molar-refractivity contribution is 9.11. The summed E-state index contributed by atoms with van der Waals surface area (Å²) in [6, 6.07) is 3.37. The average Bonchev–Trinajstić information content (AvgIpc) is 2.13. The molecule has 0 aliphatic heterocycles. The summed E-state index contributed by atoms with van der Waals surface area (Å²) in [6.07, 6.45) is 0. The highest BCUT2D eigenvalue weighted by atomic mass is 79.9. The number of hydrogen-bond acceptors (Lipinski definition) is 3. The van der Waals surface area contributed by atoms with Crippen LogP contribution in [0.3, 0.4) is 0 Å². The molecule has 0 radical (unpaired) electrons. The Balaban J connectivity index is 2.67. The maximum absolute atomic E-state index is 10.1. The third-order valence-corrected chi connectivity index (χ3v) is 2.69. The molecule has 3 nitrogen and oxygen atoms in total. The molecule has 1 aromatic heterocycles. The molecule has 0 spiro atoms. The summed E-state index contributed by atoms with van der Waals surface area (Å²) in [4.78, 5) is 8.29. The van der Waals surface area contributed by atoms with E-state index in [2.05, 4.69) is 20.5 Å². The second kappa shape index (κ2) is 3.44. The average molecular weight is 242 g/mol. The Kier molecular flexibility index (Phi) is 2.80. The van der Waals surface area contributed by atoms with E-state index in [0.717, 1.165) is 3.79 Å². The number of rotatable bonds is 2. The van der Waals surface area contributed by atoms with E-state index in [4.69, 9.17) is 4.89 Å². The van der Waals surface area contributed by atoms with E-state index >= 15 is 0 Å². The second-order valence-corrected chi connectivity index (χ2v) is 4.47. The van der Waals surface area contributed by atoms with Gasteiger partial charge in [-0.25, -0.2) is 4.52 Å². The lowest BCUT2D eigenvalue weighted by Gasteiger charge is -1.77. The fraction of sp³-hybridized carbons (Fsp3) is 0. The van der Waals surface area contributed by atoms with Gasteiger partial charge in [-0.3, -0.25) is 0 Å². The molecule has 1 rings (SSSR count). The molecule has 0 aliphatic rings. The number of thiophene rings is 1. The first-order valence-electron chi connectivity index (χ1n) is 2.28. The molecule has 1 unspecified atom stereocenters. The van der Waals surface area contributed by atoms with Crippen molar-refractivity contribution in [2.24, 2.45) is 0 Å². The van der Waals surface area contributed by atoms with Crippen LogP contribution in [0.4, 0.5) is 0 Å². The third kappa shape index (κ3) is 2.34. The first-order chi connectivity index (χ1) is 4.68. The molecule has 1 heterocycles. The fourth-order valence-electron chi connectivity index (χ4n) is 0.424. The Morgan fingerprint density at radius 3 is 2.80 bits per heavy atom. The van der Waals surface area contributed by atoms with Gasteiger partial charge in [0.1, 0.15) is 0 Å². The molecule has 0 aliphatic carbocycles. The molecule has 0 saturated carbocycles. The minimum Gasteiger partial charge on any atom is -0.218 e. The largest absolute Gasteiger partial charge is 0.748 e. The van der Waals surface area contributed by atoms with Crippen molar-refractivity contribution in [1.29, 1.82) is 0 Å². The zero-order valence-electron chi connectivity index (χ0n) is 4.65. The summed E-state index contributed by atoms with van der Waals surface area (Å²) in [5, 5.41) is 0.440. The van der Waals surface area contributed by atoms with Crippen molar-refractivity contribution >= 4 is 35.5 Å².